The number of hydrogen-bond donors (Lipinski definition) is 0. The summed E-state index contributed by atoms with van der Waals surface area (Å²) in [6, 6.07) is 20.2. The van der Waals surface area contributed by atoms with Gasteiger partial charge in [-0.25, -0.2) is 8.42 Å². The van der Waals surface area contributed by atoms with Crippen molar-refractivity contribution in [2.75, 3.05) is 0 Å². The molecule has 0 saturated carbocycles. The summed E-state index contributed by atoms with van der Waals surface area (Å²) in [6.45, 7) is 0. The van der Waals surface area contributed by atoms with Crippen molar-refractivity contribution in [3.63, 3.8) is 0 Å². The fourth-order valence-corrected chi connectivity index (χ4v) is 5.98. The predicted molar refractivity (Wildman–Crippen MR) is 133 cm³/mol. The van der Waals surface area contributed by atoms with Crippen LogP contribution in [0.3, 0.4) is 0 Å². The predicted octanol–water partition coefficient (Wildman–Crippen LogP) is 6.98. The molecule has 0 bridgehead atoms. The van der Waals surface area contributed by atoms with E-state index in [1.807, 2.05) is 0 Å². The van der Waals surface area contributed by atoms with Gasteiger partial charge in [-0.05, 0) is 12.1 Å². The highest BCUT2D eigenvalue weighted by Crippen LogP contribution is 2.42. The highest BCUT2D eigenvalue weighted by Gasteiger charge is 2.28. The lowest BCUT2D eigenvalue weighted by Gasteiger charge is -2.15. The molecule has 8 nitrogen and oxygen atoms in total. The summed E-state index contributed by atoms with van der Waals surface area (Å²) in [6.07, 6.45) is 0. The molecule has 35 heavy (non-hydrogen) atoms. The molecule has 4 aromatic rings. The van der Waals surface area contributed by atoms with Crippen molar-refractivity contribution >= 4 is 44.4 Å². The Morgan fingerprint density at radius 3 is 1.26 bits per heavy atom. The molecule has 0 heterocycles. The van der Waals surface area contributed by atoms with Crippen LogP contribution in [0.2, 0.25) is 10.0 Å². The average Bonchev–Trinajstić information content (AvgIpc) is 2.84. The third kappa shape index (κ3) is 4.37. The van der Waals surface area contributed by atoms with Gasteiger partial charge in [0.05, 0.1) is 19.6 Å². The molecule has 4 aromatic carbocycles. The highest BCUT2D eigenvalue weighted by atomic mass is 35.5. The molecule has 0 aliphatic carbocycles. The third-order valence-electron chi connectivity index (χ3n) is 5.28. The molecular weight excluding hydrogens is 515 g/mol. The zero-order valence-electron chi connectivity index (χ0n) is 17.6. The number of nitrogens with zero attached hydrogens (tertiary/aromatic N) is 2. The van der Waals surface area contributed by atoms with Crippen LogP contribution in [0.5, 0.6) is 0 Å². The molecule has 0 amide bonds. The molecule has 0 aliphatic heterocycles. The fourth-order valence-electron chi connectivity index (χ4n) is 3.70. The smallest absolute Gasteiger partial charge is 0.258 e. The van der Waals surface area contributed by atoms with Gasteiger partial charge in [0.25, 0.3) is 11.4 Å². The molecule has 0 aliphatic rings. The molecule has 0 radical (unpaired) electrons. The summed E-state index contributed by atoms with van der Waals surface area (Å²) in [5.41, 5.74) is -0.0422. The molecule has 0 saturated heterocycles. The third-order valence-corrected chi connectivity index (χ3v) is 7.95. The SMILES string of the molecule is O=[N+]([O-])c1cccc(-c2ccccc2S(=O)(=O)c2ccccc2-c2cccc([N+](=O)[O-])c2Cl)c1Cl. The van der Waals surface area contributed by atoms with Crippen LogP contribution in [0.4, 0.5) is 11.4 Å². The molecular formula is C24H14Cl2N2O6S. The number of rotatable bonds is 6. The molecule has 0 N–H and O–H groups in total. The lowest BCUT2D eigenvalue weighted by molar-refractivity contribution is -0.384. The van der Waals surface area contributed by atoms with Crippen molar-refractivity contribution in [1.29, 1.82) is 0 Å². The van der Waals surface area contributed by atoms with E-state index in [4.69, 9.17) is 23.2 Å². The van der Waals surface area contributed by atoms with Crippen LogP contribution >= 0.6 is 23.2 Å². The zero-order valence-corrected chi connectivity index (χ0v) is 19.9. The van der Waals surface area contributed by atoms with Gasteiger partial charge in [-0.1, -0.05) is 83.9 Å². The minimum absolute atomic E-state index is 0.142. The highest BCUT2D eigenvalue weighted by molar-refractivity contribution is 7.91. The largest absolute Gasteiger partial charge is 0.288 e. The van der Waals surface area contributed by atoms with E-state index in [2.05, 4.69) is 0 Å². The van der Waals surface area contributed by atoms with E-state index >= 15 is 0 Å². The Balaban J connectivity index is 1.97. The lowest BCUT2D eigenvalue weighted by atomic mass is 10.0. The van der Waals surface area contributed by atoms with E-state index in [0.717, 1.165) is 0 Å². The number of benzene rings is 4. The zero-order chi connectivity index (χ0) is 25.3. The molecule has 0 aromatic heterocycles. The van der Waals surface area contributed by atoms with E-state index in [0.29, 0.717) is 0 Å². The maximum atomic E-state index is 13.9. The molecule has 0 atom stereocenters. The first-order chi connectivity index (χ1) is 16.6. The number of halogens is 2. The van der Waals surface area contributed by atoms with Crippen LogP contribution in [-0.4, -0.2) is 18.3 Å². The average molecular weight is 529 g/mol. The van der Waals surface area contributed by atoms with Crippen LogP contribution in [0.15, 0.2) is 94.7 Å². The van der Waals surface area contributed by atoms with Crippen molar-refractivity contribution in [1.82, 2.24) is 0 Å². The molecule has 176 valence electrons. The van der Waals surface area contributed by atoms with Gasteiger partial charge >= 0.3 is 0 Å². The monoisotopic (exact) mass is 528 g/mol. The summed E-state index contributed by atoms with van der Waals surface area (Å²) >= 11 is 12.6. The minimum Gasteiger partial charge on any atom is -0.258 e. The van der Waals surface area contributed by atoms with Crippen molar-refractivity contribution in [2.24, 2.45) is 0 Å². The second-order valence-corrected chi connectivity index (χ2v) is 9.93. The van der Waals surface area contributed by atoms with Crippen molar-refractivity contribution < 1.29 is 18.3 Å². The summed E-state index contributed by atoms with van der Waals surface area (Å²) in [5.74, 6) is 0. The van der Waals surface area contributed by atoms with Crippen molar-refractivity contribution in [3.05, 3.63) is 115 Å². The van der Waals surface area contributed by atoms with E-state index in [-0.39, 0.29) is 53.5 Å². The normalized spacial score (nSPS) is 11.3. The van der Waals surface area contributed by atoms with Crippen LogP contribution < -0.4 is 0 Å². The summed E-state index contributed by atoms with van der Waals surface area (Å²) < 4.78 is 27.9. The number of nitro groups is 2. The lowest BCUT2D eigenvalue weighted by Crippen LogP contribution is -2.06. The summed E-state index contributed by atoms with van der Waals surface area (Å²) in [7, 11) is -4.25. The van der Waals surface area contributed by atoms with E-state index in [1.165, 1.54) is 72.8 Å². The van der Waals surface area contributed by atoms with E-state index in [1.54, 1.807) is 12.1 Å². The Bertz CT molecular complexity index is 1490. The van der Waals surface area contributed by atoms with Crippen molar-refractivity contribution in [3.8, 4) is 22.3 Å². The Morgan fingerprint density at radius 1 is 0.543 bits per heavy atom. The second-order valence-electron chi connectivity index (χ2n) is 7.29. The topological polar surface area (TPSA) is 120 Å². The van der Waals surface area contributed by atoms with Crippen molar-refractivity contribution in [2.45, 2.75) is 9.79 Å². The quantitative estimate of drug-likeness (QED) is 0.196. The van der Waals surface area contributed by atoms with Gasteiger partial charge in [-0.3, -0.25) is 20.2 Å². The fraction of sp³-hybridized carbons (Fsp3) is 0. The first kappa shape index (κ1) is 24.3. The van der Waals surface area contributed by atoms with Gasteiger partial charge in [-0.15, -0.1) is 0 Å². The van der Waals surface area contributed by atoms with Crippen LogP contribution in [0.25, 0.3) is 22.3 Å². The molecule has 0 fully saturated rings. The molecule has 4 rings (SSSR count). The van der Waals surface area contributed by atoms with Gasteiger partial charge < -0.3 is 0 Å². The Labute approximate surface area is 209 Å². The van der Waals surface area contributed by atoms with Gasteiger partial charge in [-0.2, -0.15) is 0 Å². The van der Waals surface area contributed by atoms with Crippen LogP contribution in [0.1, 0.15) is 0 Å². The van der Waals surface area contributed by atoms with Crippen LogP contribution in [0, 0.1) is 20.2 Å². The second kappa shape index (κ2) is 9.46. The summed E-state index contributed by atoms with van der Waals surface area (Å²) in [4.78, 5) is 21.1. The maximum absolute atomic E-state index is 13.9. The standard InChI is InChI=1S/C24H14Cl2N2O6S/c25-23-17(9-5-11-19(23)27(29)30)15-7-1-3-13-21(15)35(33,34)22-14-4-2-8-16(22)18-10-6-12-20(24(18)26)28(31)32/h1-14H. The van der Waals surface area contributed by atoms with Crippen LogP contribution in [-0.2, 0) is 9.84 Å². The number of hydrogen-bond acceptors (Lipinski definition) is 6. The van der Waals surface area contributed by atoms with Gasteiger partial charge in [0.1, 0.15) is 10.0 Å². The first-order valence-electron chi connectivity index (χ1n) is 9.94. The Kier molecular flexibility index (Phi) is 6.58. The Hall–Kier alpha value is -3.79. The number of nitro benzene ring substituents is 2. The van der Waals surface area contributed by atoms with Gasteiger partial charge in [0.15, 0.2) is 0 Å². The van der Waals surface area contributed by atoms with Gasteiger partial charge in [0, 0.05) is 34.4 Å². The Morgan fingerprint density at radius 2 is 0.886 bits per heavy atom. The van der Waals surface area contributed by atoms with E-state index in [9.17, 15) is 28.6 Å². The van der Waals surface area contributed by atoms with E-state index < -0.39 is 19.7 Å². The molecule has 0 unspecified atom stereocenters. The minimum atomic E-state index is -4.25. The number of sulfone groups is 1. The first-order valence-corrected chi connectivity index (χ1v) is 12.2. The summed E-state index contributed by atoms with van der Waals surface area (Å²) in [5, 5.41) is 22.3. The van der Waals surface area contributed by atoms with Gasteiger partial charge in [0.2, 0.25) is 9.84 Å². The molecule has 11 heteroatoms. The maximum Gasteiger partial charge on any atom is 0.288 e. The molecule has 0 spiro atoms.